The molecule has 1 aromatic carbocycles. The predicted octanol–water partition coefficient (Wildman–Crippen LogP) is 2.70. The highest BCUT2D eigenvalue weighted by Gasteiger charge is 2.25. The van der Waals surface area contributed by atoms with Crippen molar-refractivity contribution in [2.75, 3.05) is 23.5 Å². The zero-order valence-corrected chi connectivity index (χ0v) is 16.6. The fourth-order valence-corrected chi connectivity index (χ4v) is 5.19. The molecule has 0 radical (unpaired) electrons. The molecule has 1 aliphatic heterocycles. The summed E-state index contributed by atoms with van der Waals surface area (Å²) in [4.78, 5) is 18.7. The molecule has 146 valence electrons. The summed E-state index contributed by atoms with van der Waals surface area (Å²) < 4.78 is 33.3. The summed E-state index contributed by atoms with van der Waals surface area (Å²) >= 11 is 1.19. The van der Waals surface area contributed by atoms with E-state index in [9.17, 15) is 13.2 Å². The van der Waals surface area contributed by atoms with Crippen molar-refractivity contribution in [3.8, 4) is 0 Å². The van der Waals surface area contributed by atoms with Crippen molar-refractivity contribution in [3.63, 3.8) is 0 Å². The SMILES string of the molecule is Nc1ccc(C(=O)N2CCCCC2)c(NS(=O)(=O)c2nccc3sncc23)c1. The van der Waals surface area contributed by atoms with Gasteiger partial charge in [0.1, 0.15) is 0 Å². The lowest BCUT2D eigenvalue weighted by atomic mass is 10.1. The van der Waals surface area contributed by atoms with Crippen molar-refractivity contribution < 1.29 is 13.2 Å². The monoisotopic (exact) mass is 417 g/mol. The lowest BCUT2D eigenvalue weighted by Gasteiger charge is -2.27. The van der Waals surface area contributed by atoms with Crippen LogP contribution in [0.15, 0.2) is 41.7 Å². The maximum Gasteiger partial charge on any atom is 0.280 e. The number of benzene rings is 1. The average molecular weight is 418 g/mol. The number of anilines is 2. The third kappa shape index (κ3) is 3.52. The van der Waals surface area contributed by atoms with Crippen molar-refractivity contribution in [1.82, 2.24) is 14.3 Å². The first kappa shape index (κ1) is 18.6. The van der Waals surface area contributed by atoms with Crippen molar-refractivity contribution in [2.45, 2.75) is 24.3 Å². The Labute approximate surface area is 166 Å². The summed E-state index contributed by atoms with van der Waals surface area (Å²) in [7, 11) is -4.03. The number of pyridine rings is 1. The van der Waals surface area contributed by atoms with Crippen molar-refractivity contribution in [1.29, 1.82) is 0 Å². The van der Waals surface area contributed by atoms with Crippen LogP contribution in [0, 0.1) is 0 Å². The molecule has 0 aliphatic carbocycles. The third-order valence-corrected chi connectivity index (χ3v) is 6.75. The van der Waals surface area contributed by atoms with Gasteiger partial charge in [0.2, 0.25) is 0 Å². The molecule has 10 heteroatoms. The van der Waals surface area contributed by atoms with Crippen LogP contribution < -0.4 is 10.5 Å². The number of fused-ring (bicyclic) bond motifs is 1. The first-order chi connectivity index (χ1) is 13.5. The molecule has 0 saturated carbocycles. The molecule has 3 aromatic rings. The van der Waals surface area contributed by atoms with Gasteiger partial charge < -0.3 is 10.6 Å². The van der Waals surface area contributed by atoms with Gasteiger partial charge in [0.05, 0.1) is 27.5 Å². The zero-order valence-electron chi connectivity index (χ0n) is 15.0. The fourth-order valence-electron chi connectivity index (χ4n) is 3.28. The van der Waals surface area contributed by atoms with Crippen molar-refractivity contribution >= 4 is 48.9 Å². The van der Waals surface area contributed by atoms with Gasteiger partial charge in [0, 0.05) is 25.0 Å². The molecule has 0 atom stereocenters. The Morgan fingerprint density at radius 1 is 1.18 bits per heavy atom. The van der Waals surface area contributed by atoms with E-state index >= 15 is 0 Å². The molecule has 0 unspecified atom stereocenters. The van der Waals surface area contributed by atoms with E-state index in [0.29, 0.717) is 28.9 Å². The van der Waals surface area contributed by atoms with Gasteiger partial charge in [-0.25, -0.2) is 4.98 Å². The Morgan fingerprint density at radius 3 is 2.75 bits per heavy atom. The number of nitrogens with two attached hydrogens (primary N) is 1. The molecule has 8 nitrogen and oxygen atoms in total. The van der Waals surface area contributed by atoms with E-state index in [0.717, 1.165) is 19.3 Å². The van der Waals surface area contributed by atoms with Gasteiger partial charge in [-0.15, -0.1) is 0 Å². The smallest absolute Gasteiger partial charge is 0.280 e. The highest BCUT2D eigenvalue weighted by molar-refractivity contribution is 7.92. The minimum Gasteiger partial charge on any atom is -0.399 e. The summed E-state index contributed by atoms with van der Waals surface area (Å²) in [6, 6.07) is 6.32. The van der Waals surface area contributed by atoms with E-state index in [2.05, 4.69) is 14.1 Å². The summed E-state index contributed by atoms with van der Waals surface area (Å²) in [6.45, 7) is 1.33. The van der Waals surface area contributed by atoms with E-state index in [1.807, 2.05) is 0 Å². The molecule has 3 N–H and O–H groups in total. The lowest BCUT2D eigenvalue weighted by Crippen LogP contribution is -2.36. The number of sulfonamides is 1. The quantitative estimate of drug-likeness (QED) is 0.630. The van der Waals surface area contributed by atoms with E-state index in [-0.39, 0.29) is 22.2 Å². The molecule has 0 spiro atoms. The van der Waals surface area contributed by atoms with Gasteiger partial charge in [0.25, 0.3) is 15.9 Å². The number of rotatable bonds is 4. The first-order valence-electron chi connectivity index (χ1n) is 8.87. The minimum atomic E-state index is -4.03. The first-order valence-corrected chi connectivity index (χ1v) is 11.1. The van der Waals surface area contributed by atoms with E-state index in [4.69, 9.17) is 5.73 Å². The summed E-state index contributed by atoms with van der Waals surface area (Å²) in [6.07, 6.45) is 5.88. The maximum absolute atomic E-state index is 13.0. The van der Waals surface area contributed by atoms with E-state index < -0.39 is 10.0 Å². The fraction of sp³-hybridized carbons (Fsp3) is 0.278. The number of carbonyl (C=O) groups is 1. The number of nitrogens with one attached hydrogen (secondary N) is 1. The summed E-state index contributed by atoms with van der Waals surface area (Å²) in [5, 5.41) is 0.311. The normalized spacial score (nSPS) is 14.9. The van der Waals surface area contributed by atoms with Gasteiger partial charge in [0.15, 0.2) is 5.03 Å². The van der Waals surface area contributed by atoms with Gasteiger partial charge in [-0.3, -0.25) is 9.52 Å². The van der Waals surface area contributed by atoms with E-state index in [1.54, 1.807) is 23.1 Å². The van der Waals surface area contributed by atoms with Crippen LogP contribution >= 0.6 is 11.5 Å². The van der Waals surface area contributed by atoms with Crippen LogP contribution in [0.25, 0.3) is 10.1 Å². The van der Waals surface area contributed by atoms with Crippen LogP contribution in [0.1, 0.15) is 29.6 Å². The van der Waals surface area contributed by atoms with Crippen LogP contribution in [0.3, 0.4) is 0 Å². The molecule has 0 bridgehead atoms. The molecule has 1 saturated heterocycles. The van der Waals surface area contributed by atoms with Gasteiger partial charge in [-0.2, -0.15) is 12.8 Å². The minimum absolute atomic E-state index is 0.127. The number of carbonyl (C=O) groups excluding carboxylic acids is 1. The second kappa shape index (κ2) is 7.36. The van der Waals surface area contributed by atoms with E-state index in [1.165, 1.54) is 30.0 Å². The highest BCUT2D eigenvalue weighted by atomic mass is 32.2. The predicted molar refractivity (Wildman–Crippen MR) is 109 cm³/mol. The second-order valence-corrected chi connectivity index (χ2v) is 9.05. The number of nitrogens with zero attached hydrogens (tertiary/aromatic N) is 3. The molecular formula is C18H19N5O3S2. The average Bonchev–Trinajstić information content (AvgIpc) is 3.16. The molecule has 28 heavy (non-hydrogen) atoms. The second-order valence-electron chi connectivity index (χ2n) is 6.62. The number of hydrogen-bond acceptors (Lipinski definition) is 7. The largest absolute Gasteiger partial charge is 0.399 e. The molecule has 4 rings (SSSR count). The Hall–Kier alpha value is -2.72. The Bertz CT molecular complexity index is 1140. The Kier molecular flexibility index (Phi) is 4.90. The van der Waals surface area contributed by atoms with Crippen LogP contribution in [0.5, 0.6) is 0 Å². The molecule has 1 amide bonds. The van der Waals surface area contributed by atoms with Crippen molar-refractivity contribution in [3.05, 3.63) is 42.2 Å². The molecule has 2 aromatic heterocycles. The molecule has 1 fully saturated rings. The highest BCUT2D eigenvalue weighted by Crippen LogP contribution is 2.28. The lowest BCUT2D eigenvalue weighted by molar-refractivity contribution is 0.0725. The van der Waals surface area contributed by atoms with Gasteiger partial charge in [-0.05, 0) is 55.1 Å². The zero-order chi connectivity index (χ0) is 19.7. The topological polar surface area (TPSA) is 118 Å². The number of aromatic nitrogens is 2. The Balaban J connectivity index is 1.72. The van der Waals surface area contributed by atoms with Crippen LogP contribution in [-0.4, -0.2) is 41.7 Å². The van der Waals surface area contributed by atoms with Crippen LogP contribution in [0.4, 0.5) is 11.4 Å². The number of amides is 1. The summed E-state index contributed by atoms with van der Waals surface area (Å²) in [5.41, 5.74) is 6.64. The van der Waals surface area contributed by atoms with Crippen LogP contribution in [-0.2, 0) is 10.0 Å². The summed E-state index contributed by atoms with van der Waals surface area (Å²) in [5.74, 6) is -0.208. The number of nitrogen functional groups attached to an aromatic ring is 1. The molecular weight excluding hydrogens is 398 g/mol. The van der Waals surface area contributed by atoms with Crippen molar-refractivity contribution in [2.24, 2.45) is 0 Å². The standard InChI is InChI=1S/C18H19N5O3S2/c19-12-4-5-13(18(24)23-8-2-1-3-9-23)15(10-12)22-28(25,26)17-14-11-21-27-16(14)6-7-20-17/h4-7,10-11,22H,1-3,8-9,19H2. The third-order valence-electron chi connectivity index (χ3n) is 4.66. The molecule has 3 heterocycles. The van der Waals surface area contributed by atoms with Crippen LogP contribution in [0.2, 0.25) is 0 Å². The molecule has 1 aliphatic rings. The number of piperidine rings is 1. The Morgan fingerprint density at radius 2 is 1.96 bits per heavy atom. The van der Waals surface area contributed by atoms with Gasteiger partial charge >= 0.3 is 0 Å². The van der Waals surface area contributed by atoms with Gasteiger partial charge in [-0.1, -0.05) is 0 Å². The maximum atomic E-state index is 13.0. The number of likely N-dealkylation sites (tertiary alicyclic amines) is 1. The number of hydrogen-bond donors (Lipinski definition) is 2.